The van der Waals surface area contributed by atoms with Crippen molar-refractivity contribution in [2.75, 3.05) is 25.5 Å². The largest absolute Gasteiger partial charge is 0.495 e. The molecule has 0 aliphatic heterocycles. The van der Waals surface area contributed by atoms with Gasteiger partial charge in [0.25, 0.3) is 5.56 Å². The van der Waals surface area contributed by atoms with Gasteiger partial charge in [-0.15, -0.1) is 11.3 Å². The number of anilines is 1. The van der Waals surface area contributed by atoms with Crippen LogP contribution in [0.2, 0.25) is 0 Å². The average Bonchev–Trinajstić information content (AvgIpc) is 3.23. The lowest BCUT2D eigenvalue weighted by molar-refractivity contribution is -0.116. The number of carbonyl (C=O) groups excluding carboxylic acids is 1. The van der Waals surface area contributed by atoms with Crippen LogP contribution in [0, 0.1) is 0 Å². The molecule has 0 radical (unpaired) electrons. The summed E-state index contributed by atoms with van der Waals surface area (Å²) in [6.45, 7) is 4.34. The van der Waals surface area contributed by atoms with Crippen molar-refractivity contribution in [3.05, 3.63) is 46.3 Å². The maximum absolute atomic E-state index is 12.8. The first-order valence-corrected chi connectivity index (χ1v) is 12.0. The van der Waals surface area contributed by atoms with Gasteiger partial charge in [0.05, 0.1) is 29.4 Å². The standard InChI is InChI=1S/C20H24N4O5S2/c1-4-24(5-2)31(27,28)14-6-7-17(29-3)16(12-14)22-18(25)8-10-23-13-21-19-15(20(23)26)9-11-30-19/h6-7,9,11-13H,4-5,8,10H2,1-3H3,(H,22,25). The first kappa shape index (κ1) is 22.9. The number of ether oxygens (including phenoxy) is 1. The lowest BCUT2D eigenvalue weighted by Gasteiger charge is -2.19. The fourth-order valence-electron chi connectivity index (χ4n) is 3.15. The van der Waals surface area contributed by atoms with Gasteiger partial charge in [0.2, 0.25) is 15.9 Å². The maximum Gasteiger partial charge on any atom is 0.262 e. The summed E-state index contributed by atoms with van der Waals surface area (Å²) in [6, 6.07) is 6.04. The van der Waals surface area contributed by atoms with Crippen molar-refractivity contribution >= 4 is 43.2 Å². The Balaban J connectivity index is 1.78. The van der Waals surface area contributed by atoms with E-state index in [0.717, 1.165) is 0 Å². The number of methoxy groups -OCH3 is 1. The minimum absolute atomic E-state index is 0.00735. The molecular formula is C20H24N4O5S2. The van der Waals surface area contributed by atoms with Crippen LogP contribution in [0.3, 0.4) is 0 Å². The van der Waals surface area contributed by atoms with Gasteiger partial charge in [-0.1, -0.05) is 13.8 Å². The molecule has 0 aliphatic rings. The summed E-state index contributed by atoms with van der Waals surface area (Å²) in [5.74, 6) is -0.0432. The number of nitrogens with zero attached hydrogens (tertiary/aromatic N) is 3. The molecule has 0 aliphatic carbocycles. The van der Waals surface area contributed by atoms with Crippen LogP contribution in [-0.2, 0) is 21.4 Å². The van der Waals surface area contributed by atoms with E-state index in [1.54, 1.807) is 25.3 Å². The second kappa shape index (κ2) is 9.58. The average molecular weight is 465 g/mol. The van der Waals surface area contributed by atoms with Crippen LogP contribution in [0.15, 0.2) is 45.7 Å². The topological polar surface area (TPSA) is 111 Å². The van der Waals surface area contributed by atoms with Crippen LogP contribution >= 0.6 is 11.3 Å². The van der Waals surface area contributed by atoms with E-state index in [4.69, 9.17) is 4.74 Å². The molecule has 3 rings (SSSR count). The summed E-state index contributed by atoms with van der Waals surface area (Å²) in [5, 5.41) is 5.00. The number of amides is 1. The highest BCUT2D eigenvalue weighted by atomic mass is 32.2. The summed E-state index contributed by atoms with van der Waals surface area (Å²) in [5.41, 5.74) is 0.0448. The van der Waals surface area contributed by atoms with E-state index in [1.807, 2.05) is 0 Å². The Morgan fingerprint density at radius 2 is 2.00 bits per heavy atom. The predicted molar refractivity (Wildman–Crippen MR) is 120 cm³/mol. The van der Waals surface area contributed by atoms with Crippen LogP contribution in [0.1, 0.15) is 20.3 Å². The summed E-state index contributed by atoms with van der Waals surface area (Å²) in [6.07, 6.45) is 1.43. The molecule has 166 valence electrons. The van der Waals surface area contributed by atoms with E-state index in [9.17, 15) is 18.0 Å². The first-order chi connectivity index (χ1) is 14.8. The van der Waals surface area contributed by atoms with Crippen LogP contribution in [0.4, 0.5) is 5.69 Å². The normalized spacial score (nSPS) is 11.7. The Bertz CT molecular complexity index is 1250. The number of hydrogen-bond donors (Lipinski definition) is 1. The first-order valence-electron chi connectivity index (χ1n) is 9.72. The minimum Gasteiger partial charge on any atom is -0.495 e. The molecule has 0 saturated carbocycles. The van der Waals surface area contributed by atoms with Crippen molar-refractivity contribution in [3.8, 4) is 5.75 Å². The molecule has 0 bridgehead atoms. The van der Waals surface area contributed by atoms with Gasteiger partial charge in [0.1, 0.15) is 10.6 Å². The SMILES string of the molecule is CCN(CC)S(=O)(=O)c1ccc(OC)c(NC(=O)CCn2cnc3sccc3c2=O)c1. The van der Waals surface area contributed by atoms with Crippen molar-refractivity contribution < 1.29 is 17.9 Å². The molecule has 0 atom stereocenters. The zero-order valence-corrected chi connectivity index (χ0v) is 19.1. The summed E-state index contributed by atoms with van der Waals surface area (Å²) < 4.78 is 33.6. The number of hydrogen-bond acceptors (Lipinski definition) is 7. The monoisotopic (exact) mass is 464 g/mol. The Hall–Kier alpha value is -2.76. The van der Waals surface area contributed by atoms with Crippen molar-refractivity contribution in [1.82, 2.24) is 13.9 Å². The fourth-order valence-corrected chi connectivity index (χ4v) is 5.35. The molecule has 0 fully saturated rings. The maximum atomic E-state index is 12.8. The molecule has 1 amide bonds. The third-order valence-corrected chi connectivity index (χ3v) is 7.69. The van der Waals surface area contributed by atoms with Crippen molar-refractivity contribution in [3.63, 3.8) is 0 Å². The zero-order chi connectivity index (χ0) is 22.6. The van der Waals surface area contributed by atoms with Crippen LogP contribution in [-0.4, -0.2) is 48.4 Å². The molecule has 3 aromatic rings. The molecule has 1 N–H and O–H groups in total. The van der Waals surface area contributed by atoms with Crippen LogP contribution in [0.25, 0.3) is 10.2 Å². The number of sulfonamides is 1. The molecule has 2 heterocycles. The van der Waals surface area contributed by atoms with E-state index in [2.05, 4.69) is 10.3 Å². The van der Waals surface area contributed by atoms with E-state index in [-0.39, 0.29) is 35.0 Å². The van der Waals surface area contributed by atoms with Crippen molar-refractivity contribution in [1.29, 1.82) is 0 Å². The second-order valence-corrected chi connectivity index (χ2v) is 9.46. The highest BCUT2D eigenvalue weighted by Gasteiger charge is 2.23. The van der Waals surface area contributed by atoms with E-state index in [1.165, 1.54) is 51.8 Å². The molecule has 2 aromatic heterocycles. The number of carbonyl (C=O) groups is 1. The van der Waals surface area contributed by atoms with E-state index >= 15 is 0 Å². The molecule has 0 spiro atoms. The molecule has 1 aromatic carbocycles. The third kappa shape index (κ3) is 4.78. The Labute approximate surface area is 184 Å². The fraction of sp³-hybridized carbons (Fsp3) is 0.350. The number of rotatable bonds is 9. The zero-order valence-electron chi connectivity index (χ0n) is 17.5. The minimum atomic E-state index is -3.69. The van der Waals surface area contributed by atoms with E-state index in [0.29, 0.717) is 29.1 Å². The Morgan fingerprint density at radius 1 is 1.26 bits per heavy atom. The molecule has 9 nitrogen and oxygen atoms in total. The lowest BCUT2D eigenvalue weighted by Crippen LogP contribution is -2.30. The molecular weight excluding hydrogens is 440 g/mol. The number of nitrogens with one attached hydrogen (secondary N) is 1. The Morgan fingerprint density at radius 3 is 2.68 bits per heavy atom. The summed E-state index contributed by atoms with van der Waals surface area (Å²) in [4.78, 5) is 29.9. The van der Waals surface area contributed by atoms with Gasteiger partial charge in [-0.3, -0.25) is 14.2 Å². The third-order valence-electron chi connectivity index (χ3n) is 4.82. The van der Waals surface area contributed by atoms with Crippen molar-refractivity contribution in [2.24, 2.45) is 0 Å². The van der Waals surface area contributed by atoms with Crippen LogP contribution < -0.4 is 15.6 Å². The highest BCUT2D eigenvalue weighted by Crippen LogP contribution is 2.29. The quantitative estimate of drug-likeness (QED) is 0.521. The summed E-state index contributed by atoms with van der Waals surface area (Å²) in [7, 11) is -2.25. The van der Waals surface area contributed by atoms with Gasteiger partial charge < -0.3 is 10.1 Å². The Kier molecular flexibility index (Phi) is 7.08. The van der Waals surface area contributed by atoms with Crippen molar-refractivity contribution in [2.45, 2.75) is 31.7 Å². The van der Waals surface area contributed by atoms with Gasteiger partial charge in [-0.25, -0.2) is 13.4 Å². The number of aromatic nitrogens is 2. The van der Waals surface area contributed by atoms with Gasteiger partial charge in [-0.05, 0) is 29.6 Å². The highest BCUT2D eigenvalue weighted by molar-refractivity contribution is 7.89. The smallest absolute Gasteiger partial charge is 0.262 e. The van der Waals surface area contributed by atoms with Crippen LogP contribution in [0.5, 0.6) is 5.75 Å². The molecule has 0 unspecified atom stereocenters. The van der Waals surface area contributed by atoms with E-state index < -0.39 is 10.0 Å². The van der Waals surface area contributed by atoms with Gasteiger partial charge >= 0.3 is 0 Å². The number of aryl methyl sites for hydroxylation is 1. The molecule has 31 heavy (non-hydrogen) atoms. The van der Waals surface area contributed by atoms with Gasteiger partial charge in [-0.2, -0.15) is 4.31 Å². The number of thiophene rings is 1. The number of fused-ring (bicyclic) bond motifs is 1. The van der Waals surface area contributed by atoms with Gasteiger partial charge in [0.15, 0.2) is 0 Å². The van der Waals surface area contributed by atoms with Gasteiger partial charge in [0, 0.05) is 26.1 Å². The summed E-state index contributed by atoms with van der Waals surface area (Å²) >= 11 is 1.38. The molecule has 0 saturated heterocycles. The lowest BCUT2D eigenvalue weighted by atomic mass is 10.2. The second-order valence-electron chi connectivity index (χ2n) is 6.63. The predicted octanol–water partition coefficient (Wildman–Crippen LogP) is 2.53. The molecule has 11 heteroatoms. The number of benzene rings is 1.